The number of benzene rings is 2. The summed E-state index contributed by atoms with van der Waals surface area (Å²) in [5.41, 5.74) is 4.55. The van der Waals surface area contributed by atoms with Gasteiger partial charge in [0.25, 0.3) is 0 Å². The number of aliphatic hydroxyl groups is 2. The fourth-order valence-electron chi connectivity index (χ4n) is 4.76. The molecule has 194 valence electrons. The Labute approximate surface area is 215 Å². The van der Waals surface area contributed by atoms with Gasteiger partial charge in [0.1, 0.15) is 22.3 Å². The van der Waals surface area contributed by atoms with Crippen molar-refractivity contribution < 1.29 is 23.4 Å². The number of fused-ring (bicyclic) bond motifs is 2. The highest BCUT2D eigenvalue weighted by Crippen LogP contribution is 2.34. The van der Waals surface area contributed by atoms with Crippen LogP contribution in [0.2, 0.25) is 0 Å². The molecular weight excluding hydrogens is 494 g/mol. The number of pyridine rings is 1. The SMILES string of the molecule is Cc1ccc(C(CC(O)O)c2cnc3c(c2)nnn3C)cc1CN1C[C@@H](C)Oc2ccccc2S1(=O)=O. The standard InChI is InChI=1S/C26H29N5O5S/c1-16-8-9-18(21(12-25(32)33)19-11-22-26(27-13-19)30(3)29-28-22)10-20(16)15-31-14-17(2)36-23-6-4-5-7-24(23)37(31,34)35/h4-11,13,17,21,25,32-33H,12,14-15H2,1-3H3/t17-,21?/m1/s1. The predicted molar refractivity (Wildman–Crippen MR) is 136 cm³/mol. The molecule has 1 aliphatic rings. The molecule has 1 aliphatic heterocycles. The number of aliphatic hydroxyl groups excluding tert-OH is 1. The molecular formula is C26H29N5O5S. The van der Waals surface area contributed by atoms with E-state index < -0.39 is 22.2 Å². The number of hydrogen-bond donors (Lipinski definition) is 2. The maximum Gasteiger partial charge on any atom is 0.247 e. The molecule has 0 fully saturated rings. The molecule has 11 heteroatoms. The fraction of sp³-hybridized carbons (Fsp3) is 0.346. The van der Waals surface area contributed by atoms with Crippen LogP contribution >= 0.6 is 0 Å². The molecule has 0 saturated heterocycles. The quantitative estimate of drug-likeness (QED) is 0.369. The maximum atomic E-state index is 13.6. The van der Waals surface area contributed by atoms with Gasteiger partial charge in [-0.05, 0) is 54.3 Å². The number of ether oxygens (including phenoxy) is 1. The Hall–Kier alpha value is -3.38. The summed E-state index contributed by atoms with van der Waals surface area (Å²) < 4.78 is 36.0. The number of hydrogen-bond acceptors (Lipinski definition) is 8. The second kappa shape index (κ2) is 9.82. The third-order valence-electron chi connectivity index (χ3n) is 6.69. The Kier molecular flexibility index (Phi) is 6.71. The zero-order valence-electron chi connectivity index (χ0n) is 20.8. The van der Waals surface area contributed by atoms with Crippen LogP contribution in [0, 0.1) is 6.92 Å². The molecule has 1 unspecified atom stereocenters. The molecule has 3 heterocycles. The van der Waals surface area contributed by atoms with Gasteiger partial charge in [-0.25, -0.2) is 18.1 Å². The monoisotopic (exact) mass is 523 g/mol. The van der Waals surface area contributed by atoms with Crippen LogP contribution in [0.3, 0.4) is 0 Å². The Balaban J connectivity index is 1.52. The van der Waals surface area contributed by atoms with Crippen LogP contribution in [0.25, 0.3) is 11.2 Å². The maximum absolute atomic E-state index is 13.6. The second-order valence-electron chi connectivity index (χ2n) is 9.45. The van der Waals surface area contributed by atoms with Crippen LogP contribution in [-0.4, -0.2) is 61.9 Å². The van der Waals surface area contributed by atoms with Crippen molar-refractivity contribution in [2.45, 2.75) is 50.0 Å². The number of sulfonamides is 1. The van der Waals surface area contributed by atoms with Crippen molar-refractivity contribution >= 4 is 21.2 Å². The van der Waals surface area contributed by atoms with Gasteiger partial charge in [-0.2, -0.15) is 4.31 Å². The molecule has 2 aromatic carbocycles. The first-order valence-corrected chi connectivity index (χ1v) is 13.4. The first-order chi connectivity index (χ1) is 17.6. The van der Waals surface area contributed by atoms with Gasteiger partial charge in [-0.3, -0.25) is 0 Å². The van der Waals surface area contributed by atoms with E-state index in [0.717, 1.165) is 22.3 Å². The summed E-state index contributed by atoms with van der Waals surface area (Å²) in [7, 11) is -2.04. The summed E-state index contributed by atoms with van der Waals surface area (Å²) in [6.07, 6.45) is -0.152. The first kappa shape index (κ1) is 25.3. The van der Waals surface area contributed by atoms with E-state index in [4.69, 9.17) is 4.74 Å². The normalized spacial score (nSPS) is 18.4. The van der Waals surface area contributed by atoms with Gasteiger partial charge in [-0.15, -0.1) is 5.10 Å². The van der Waals surface area contributed by atoms with Crippen molar-refractivity contribution in [1.29, 1.82) is 0 Å². The van der Waals surface area contributed by atoms with Crippen LogP contribution in [0.15, 0.2) is 59.6 Å². The van der Waals surface area contributed by atoms with Gasteiger partial charge in [0.15, 0.2) is 11.9 Å². The highest BCUT2D eigenvalue weighted by atomic mass is 32.2. The molecule has 0 amide bonds. The first-order valence-electron chi connectivity index (χ1n) is 12.0. The lowest BCUT2D eigenvalue weighted by Gasteiger charge is -2.24. The van der Waals surface area contributed by atoms with Gasteiger partial charge >= 0.3 is 0 Å². The van der Waals surface area contributed by atoms with Crippen LogP contribution in [0.5, 0.6) is 5.75 Å². The van der Waals surface area contributed by atoms with Crippen LogP contribution in [0.1, 0.15) is 41.5 Å². The minimum Gasteiger partial charge on any atom is -0.488 e. The lowest BCUT2D eigenvalue weighted by atomic mass is 9.87. The van der Waals surface area contributed by atoms with E-state index in [-0.39, 0.29) is 30.5 Å². The summed E-state index contributed by atoms with van der Waals surface area (Å²) >= 11 is 0. The second-order valence-corrected chi connectivity index (χ2v) is 11.4. The van der Waals surface area contributed by atoms with Crippen molar-refractivity contribution in [3.8, 4) is 5.75 Å². The molecule has 0 saturated carbocycles. The summed E-state index contributed by atoms with van der Waals surface area (Å²) in [6, 6.07) is 14.3. The van der Waals surface area contributed by atoms with Crippen molar-refractivity contribution in [3.63, 3.8) is 0 Å². The summed E-state index contributed by atoms with van der Waals surface area (Å²) in [4.78, 5) is 4.61. The van der Waals surface area contributed by atoms with Crippen molar-refractivity contribution in [3.05, 3.63) is 77.0 Å². The summed E-state index contributed by atoms with van der Waals surface area (Å²) in [6.45, 7) is 4.13. The summed E-state index contributed by atoms with van der Waals surface area (Å²) in [5.74, 6) is -0.0474. The molecule has 5 rings (SSSR count). The Morgan fingerprint density at radius 3 is 2.70 bits per heavy atom. The minimum absolute atomic E-state index is 0.0379. The lowest BCUT2D eigenvalue weighted by molar-refractivity contribution is -0.0476. The number of aryl methyl sites for hydroxylation is 2. The molecule has 2 atom stereocenters. The Morgan fingerprint density at radius 1 is 1.14 bits per heavy atom. The average Bonchev–Trinajstić information content (AvgIpc) is 3.19. The van der Waals surface area contributed by atoms with E-state index in [1.807, 2.05) is 38.1 Å². The van der Waals surface area contributed by atoms with Crippen LogP contribution in [-0.2, 0) is 23.6 Å². The zero-order valence-corrected chi connectivity index (χ0v) is 21.6. The number of nitrogens with zero attached hydrogens (tertiary/aromatic N) is 5. The van der Waals surface area contributed by atoms with E-state index >= 15 is 0 Å². The third kappa shape index (κ3) is 4.95. The van der Waals surface area contributed by atoms with Gasteiger partial charge in [-0.1, -0.05) is 35.5 Å². The Morgan fingerprint density at radius 2 is 1.92 bits per heavy atom. The highest BCUT2D eigenvalue weighted by molar-refractivity contribution is 7.89. The van der Waals surface area contributed by atoms with E-state index in [2.05, 4.69) is 15.3 Å². The third-order valence-corrected chi connectivity index (χ3v) is 8.54. The molecule has 2 N–H and O–H groups in total. The Bertz CT molecular complexity index is 1550. The number of aromatic nitrogens is 4. The minimum atomic E-state index is -3.79. The molecule has 4 aromatic rings. The highest BCUT2D eigenvalue weighted by Gasteiger charge is 2.33. The number of para-hydroxylation sites is 1. The molecule has 0 aliphatic carbocycles. The molecule has 0 spiro atoms. The fourth-order valence-corrected chi connectivity index (χ4v) is 6.38. The topological polar surface area (TPSA) is 131 Å². The molecule has 10 nitrogen and oxygen atoms in total. The number of rotatable bonds is 6. The predicted octanol–water partition coefficient (Wildman–Crippen LogP) is 2.48. The van der Waals surface area contributed by atoms with Gasteiger partial charge in [0.2, 0.25) is 10.0 Å². The van der Waals surface area contributed by atoms with Gasteiger partial charge < -0.3 is 14.9 Å². The van der Waals surface area contributed by atoms with E-state index in [9.17, 15) is 18.6 Å². The van der Waals surface area contributed by atoms with Crippen LogP contribution in [0.4, 0.5) is 0 Å². The lowest BCUT2D eigenvalue weighted by Crippen LogP contribution is -2.35. The zero-order chi connectivity index (χ0) is 26.3. The molecule has 0 radical (unpaired) electrons. The van der Waals surface area contributed by atoms with Crippen LogP contribution < -0.4 is 4.74 Å². The average molecular weight is 524 g/mol. The van der Waals surface area contributed by atoms with Gasteiger partial charge in [0, 0.05) is 32.1 Å². The van der Waals surface area contributed by atoms with E-state index in [1.54, 1.807) is 42.2 Å². The summed E-state index contributed by atoms with van der Waals surface area (Å²) in [5, 5.41) is 27.9. The molecule has 37 heavy (non-hydrogen) atoms. The smallest absolute Gasteiger partial charge is 0.247 e. The molecule has 2 aromatic heterocycles. The van der Waals surface area contributed by atoms with E-state index in [1.165, 1.54) is 4.31 Å². The van der Waals surface area contributed by atoms with Crippen molar-refractivity contribution in [2.24, 2.45) is 7.05 Å². The van der Waals surface area contributed by atoms with Crippen molar-refractivity contribution in [1.82, 2.24) is 24.3 Å². The largest absolute Gasteiger partial charge is 0.488 e. The van der Waals surface area contributed by atoms with Gasteiger partial charge in [0.05, 0.1) is 6.54 Å². The molecule has 0 bridgehead atoms. The van der Waals surface area contributed by atoms with E-state index in [0.29, 0.717) is 16.9 Å². The van der Waals surface area contributed by atoms with Crippen molar-refractivity contribution in [2.75, 3.05) is 6.54 Å².